The van der Waals surface area contributed by atoms with Crippen molar-refractivity contribution in [3.63, 3.8) is 0 Å². The fourth-order valence-electron chi connectivity index (χ4n) is 9.27. The first-order valence-corrected chi connectivity index (χ1v) is 20.3. The van der Waals surface area contributed by atoms with Gasteiger partial charge in [-0.1, -0.05) is 12.1 Å². The SMILES string of the molecule is O=C1[C@@H](CCCc2cccc3ncnn23)C[C@H]2CN(c3ccc(F)cn3)CCN12.O=C1[C@H](CCCc2cccc3ncnn23)C[C@H]2CN(c3ccc(F)cn3)CCN12. The monoisotopic (exact) mass is 788 g/mol. The molecule has 4 saturated heterocycles. The highest BCUT2D eigenvalue weighted by Crippen LogP contribution is 2.34. The van der Waals surface area contributed by atoms with Crippen LogP contribution >= 0.6 is 0 Å². The van der Waals surface area contributed by atoms with Crippen molar-refractivity contribution in [2.75, 3.05) is 49.1 Å². The highest BCUT2D eigenvalue weighted by molar-refractivity contribution is 5.82. The van der Waals surface area contributed by atoms with Crippen LogP contribution in [0.25, 0.3) is 11.3 Å². The molecule has 0 aliphatic carbocycles. The second-order valence-electron chi connectivity index (χ2n) is 15.7. The molecule has 0 saturated carbocycles. The van der Waals surface area contributed by atoms with E-state index in [2.05, 4.69) is 52.1 Å². The smallest absolute Gasteiger partial charge is 0.226 e. The first-order chi connectivity index (χ1) is 28.4. The number of nitrogens with zero attached hydrogens (tertiary/aromatic N) is 12. The van der Waals surface area contributed by atoms with Gasteiger partial charge in [-0.3, -0.25) is 9.59 Å². The summed E-state index contributed by atoms with van der Waals surface area (Å²) in [5.41, 5.74) is 3.95. The third-order valence-electron chi connectivity index (χ3n) is 12.1. The molecule has 4 atom stereocenters. The molecule has 0 aromatic carbocycles. The second kappa shape index (κ2) is 16.4. The Morgan fingerprint density at radius 2 is 1.03 bits per heavy atom. The maximum atomic E-state index is 13.1. The Hall–Kier alpha value is -6.06. The normalized spacial score (nSPS) is 21.8. The van der Waals surface area contributed by atoms with Gasteiger partial charge in [-0.05, 0) is 99.9 Å². The molecule has 4 aliphatic rings. The number of rotatable bonds is 10. The number of hydrogen-bond donors (Lipinski definition) is 0. The van der Waals surface area contributed by atoms with Crippen LogP contribution < -0.4 is 9.80 Å². The number of amides is 2. The van der Waals surface area contributed by atoms with E-state index in [9.17, 15) is 18.4 Å². The van der Waals surface area contributed by atoms with E-state index >= 15 is 0 Å². The van der Waals surface area contributed by atoms with Gasteiger partial charge in [-0.15, -0.1) is 0 Å². The van der Waals surface area contributed by atoms with E-state index in [0.29, 0.717) is 13.1 Å². The highest BCUT2D eigenvalue weighted by atomic mass is 19.1. The zero-order valence-electron chi connectivity index (χ0n) is 32.2. The Bertz CT molecular complexity index is 2200. The molecule has 0 bridgehead atoms. The van der Waals surface area contributed by atoms with Crippen molar-refractivity contribution in [3.05, 3.63) is 109 Å². The molecule has 300 valence electrons. The number of carbonyl (C=O) groups is 2. The summed E-state index contributed by atoms with van der Waals surface area (Å²) in [6, 6.07) is 18.7. The van der Waals surface area contributed by atoms with Gasteiger partial charge in [0.15, 0.2) is 11.3 Å². The molecule has 16 heteroatoms. The van der Waals surface area contributed by atoms with Crippen molar-refractivity contribution in [2.24, 2.45) is 11.8 Å². The molecule has 0 spiro atoms. The Morgan fingerprint density at radius 3 is 1.47 bits per heavy atom. The van der Waals surface area contributed by atoms with E-state index in [4.69, 9.17) is 0 Å². The lowest BCUT2D eigenvalue weighted by Gasteiger charge is -2.38. The van der Waals surface area contributed by atoms with Crippen LogP contribution in [-0.4, -0.2) is 112 Å². The molecule has 10 rings (SSSR count). The summed E-state index contributed by atoms with van der Waals surface area (Å²) >= 11 is 0. The predicted molar refractivity (Wildman–Crippen MR) is 212 cm³/mol. The number of fused-ring (bicyclic) bond motifs is 4. The predicted octanol–water partition coefficient (Wildman–Crippen LogP) is 4.65. The standard InChI is InChI=1S/2C21H23FN6O/c2*22-16-7-8-19(23-12-16)26-9-10-27-18(13-26)11-15(21(27)29)3-1-4-17-5-2-6-20-24-14-25-28(17)20/h2*2,5-8,12,14-15,18H,1,3-4,9-11,13H2/t15-,18+;15-,18-/m10/s1. The molecule has 58 heavy (non-hydrogen) atoms. The molecule has 0 unspecified atom stereocenters. The number of halogens is 2. The molecular weight excluding hydrogens is 743 g/mol. The lowest BCUT2D eigenvalue weighted by Crippen LogP contribution is -2.51. The van der Waals surface area contributed by atoms with Crippen LogP contribution in [0.2, 0.25) is 0 Å². The van der Waals surface area contributed by atoms with Crippen LogP contribution in [0.15, 0.2) is 85.7 Å². The Morgan fingerprint density at radius 1 is 0.569 bits per heavy atom. The summed E-state index contributed by atoms with van der Waals surface area (Å²) in [7, 11) is 0. The Balaban J connectivity index is 0.000000150. The Kier molecular flexibility index (Phi) is 10.6. The van der Waals surface area contributed by atoms with Crippen molar-refractivity contribution in [1.29, 1.82) is 0 Å². The van der Waals surface area contributed by atoms with E-state index in [1.807, 2.05) is 43.1 Å². The van der Waals surface area contributed by atoms with Gasteiger partial charge in [0.25, 0.3) is 0 Å². The Labute approximate surface area is 334 Å². The van der Waals surface area contributed by atoms with Gasteiger partial charge in [0.05, 0.1) is 24.5 Å². The number of hydrogen-bond acceptors (Lipinski definition) is 10. The van der Waals surface area contributed by atoms with E-state index < -0.39 is 0 Å². The van der Waals surface area contributed by atoms with Gasteiger partial charge in [0.2, 0.25) is 11.8 Å². The summed E-state index contributed by atoms with van der Waals surface area (Å²) in [4.78, 5) is 50.9. The van der Waals surface area contributed by atoms with Gasteiger partial charge in [-0.25, -0.2) is 37.7 Å². The lowest BCUT2D eigenvalue weighted by atomic mass is 9.97. The lowest BCUT2D eigenvalue weighted by molar-refractivity contribution is -0.133. The molecule has 0 radical (unpaired) electrons. The van der Waals surface area contributed by atoms with E-state index in [0.717, 1.165) is 112 Å². The van der Waals surface area contributed by atoms with Crippen LogP contribution in [0.3, 0.4) is 0 Å². The van der Waals surface area contributed by atoms with Crippen LogP contribution in [0.1, 0.15) is 49.9 Å². The first-order valence-electron chi connectivity index (χ1n) is 20.3. The number of anilines is 2. The minimum atomic E-state index is -0.329. The topological polar surface area (TPSA) is 133 Å². The van der Waals surface area contributed by atoms with Crippen molar-refractivity contribution in [3.8, 4) is 0 Å². The summed E-state index contributed by atoms with van der Waals surface area (Å²) in [6.45, 7) is 4.41. The van der Waals surface area contributed by atoms with Crippen molar-refractivity contribution >= 4 is 34.7 Å². The molecular formula is C42H46F2N12O2. The molecule has 14 nitrogen and oxygen atoms in total. The van der Waals surface area contributed by atoms with Crippen LogP contribution in [0.4, 0.5) is 20.4 Å². The minimum Gasteiger partial charge on any atom is -0.353 e. The summed E-state index contributed by atoms with van der Waals surface area (Å²) in [5, 5.41) is 8.56. The quantitative estimate of drug-likeness (QED) is 0.193. The largest absolute Gasteiger partial charge is 0.353 e. The van der Waals surface area contributed by atoms with E-state index in [1.54, 1.807) is 24.8 Å². The fourth-order valence-corrected chi connectivity index (χ4v) is 9.27. The first kappa shape index (κ1) is 37.5. The number of piperazine rings is 2. The highest BCUT2D eigenvalue weighted by Gasteiger charge is 2.43. The third kappa shape index (κ3) is 7.79. The summed E-state index contributed by atoms with van der Waals surface area (Å²) < 4.78 is 30.0. The number of aromatic nitrogens is 8. The molecule has 0 N–H and O–H groups in total. The van der Waals surface area contributed by atoms with Crippen molar-refractivity contribution < 1.29 is 18.4 Å². The number of carbonyl (C=O) groups excluding carboxylic acids is 2. The van der Waals surface area contributed by atoms with E-state index in [-0.39, 0.29) is 47.4 Å². The molecule has 6 aromatic heterocycles. The molecule has 10 heterocycles. The second-order valence-corrected chi connectivity index (χ2v) is 15.7. The fraction of sp³-hybridized carbons (Fsp3) is 0.429. The van der Waals surface area contributed by atoms with Crippen LogP contribution in [0, 0.1) is 23.5 Å². The van der Waals surface area contributed by atoms with Crippen LogP contribution in [0.5, 0.6) is 0 Å². The number of aryl methyl sites for hydroxylation is 2. The number of pyridine rings is 4. The maximum Gasteiger partial charge on any atom is 0.226 e. The third-order valence-corrected chi connectivity index (χ3v) is 12.1. The van der Waals surface area contributed by atoms with Gasteiger partial charge in [0.1, 0.15) is 35.9 Å². The van der Waals surface area contributed by atoms with E-state index in [1.165, 1.54) is 24.5 Å². The summed E-state index contributed by atoms with van der Waals surface area (Å²) in [5.74, 6) is 1.62. The van der Waals surface area contributed by atoms with Gasteiger partial charge >= 0.3 is 0 Å². The zero-order chi connectivity index (χ0) is 39.6. The summed E-state index contributed by atoms with van der Waals surface area (Å²) in [6.07, 6.45) is 12.8. The van der Waals surface area contributed by atoms with Gasteiger partial charge in [-0.2, -0.15) is 10.2 Å². The molecule has 6 aromatic rings. The molecule has 4 aliphatic heterocycles. The average molecular weight is 789 g/mol. The van der Waals surface area contributed by atoms with Gasteiger partial charge in [0, 0.05) is 62.5 Å². The molecule has 4 fully saturated rings. The maximum absolute atomic E-state index is 13.1. The van der Waals surface area contributed by atoms with Crippen LogP contribution in [-0.2, 0) is 22.4 Å². The van der Waals surface area contributed by atoms with Gasteiger partial charge < -0.3 is 19.6 Å². The molecule has 2 amide bonds. The van der Waals surface area contributed by atoms with Crippen molar-refractivity contribution in [1.82, 2.24) is 49.0 Å². The van der Waals surface area contributed by atoms with Crippen molar-refractivity contribution in [2.45, 2.75) is 63.5 Å². The average Bonchev–Trinajstić information content (AvgIpc) is 4.05. The minimum absolute atomic E-state index is 0.0797. The zero-order valence-corrected chi connectivity index (χ0v) is 32.2.